The fourth-order valence-corrected chi connectivity index (χ4v) is 4.06. The van der Waals surface area contributed by atoms with Gasteiger partial charge in [-0.3, -0.25) is 14.2 Å². The lowest BCUT2D eigenvalue weighted by atomic mass is 9.85. The second-order valence-corrected chi connectivity index (χ2v) is 7.26. The third kappa shape index (κ3) is 3.56. The molecule has 8 heteroatoms. The number of carbonyl (C=O) groups is 2. The highest BCUT2D eigenvalue weighted by atomic mass is 16.2. The molecule has 0 radical (unpaired) electrons. The van der Waals surface area contributed by atoms with Crippen LogP contribution in [-0.4, -0.2) is 44.4 Å². The van der Waals surface area contributed by atoms with Crippen molar-refractivity contribution < 1.29 is 9.59 Å². The van der Waals surface area contributed by atoms with Gasteiger partial charge < -0.3 is 10.6 Å². The molecule has 2 amide bonds. The number of hydrogen-bond donors (Lipinski definition) is 2. The van der Waals surface area contributed by atoms with Crippen LogP contribution in [0.2, 0.25) is 0 Å². The zero-order chi connectivity index (χ0) is 18.8. The van der Waals surface area contributed by atoms with Gasteiger partial charge >= 0.3 is 0 Å². The van der Waals surface area contributed by atoms with Crippen molar-refractivity contribution in [3.8, 4) is 5.95 Å². The topological polar surface area (TPSA) is 102 Å². The molecule has 2 aliphatic carbocycles. The van der Waals surface area contributed by atoms with E-state index in [0.29, 0.717) is 11.6 Å². The van der Waals surface area contributed by atoms with E-state index in [1.54, 1.807) is 30.3 Å². The van der Waals surface area contributed by atoms with Crippen LogP contribution in [0.1, 0.15) is 53.8 Å². The normalized spacial score (nSPS) is 21.5. The van der Waals surface area contributed by atoms with Crippen LogP contribution in [0.5, 0.6) is 0 Å². The van der Waals surface area contributed by atoms with Gasteiger partial charge in [-0.1, -0.05) is 0 Å². The van der Waals surface area contributed by atoms with Gasteiger partial charge in [-0.2, -0.15) is 0 Å². The Hall–Kier alpha value is -2.77. The SMILES string of the molecule is CNC(=O)[C@H]1CC[C@H](NC(=O)c2nc(-n3ccnc3)nc3c2CCC3)CC1. The van der Waals surface area contributed by atoms with Gasteiger partial charge in [-0.25, -0.2) is 15.0 Å². The average Bonchev–Trinajstić information content (AvgIpc) is 3.38. The summed E-state index contributed by atoms with van der Waals surface area (Å²) in [5.74, 6) is 0.500. The monoisotopic (exact) mass is 368 g/mol. The summed E-state index contributed by atoms with van der Waals surface area (Å²) < 4.78 is 1.73. The van der Waals surface area contributed by atoms with Crippen LogP contribution in [0, 0.1) is 5.92 Å². The van der Waals surface area contributed by atoms with Gasteiger partial charge in [0.1, 0.15) is 12.0 Å². The summed E-state index contributed by atoms with van der Waals surface area (Å²) in [4.78, 5) is 37.9. The smallest absolute Gasteiger partial charge is 0.270 e. The molecule has 0 spiro atoms. The van der Waals surface area contributed by atoms with Gasteiger partial charge in [0.25, 0.3) is 5.91 Å². The van der Waals surface area contributed by atoms with Gasteiger partial charge in [0.05, 0.1) is 0 Å². The number of fused-ring (bicyclic) bond motifs is 1. The van der Waals surface area contributed by atoms with E-state index in [-0.39, 0.29) is 23.8 Å². The molecule has 8 nitrogen and oxygen atoms in total. The number of rotatable bonds is 4. The fourth-order valence-electron chi connectivity index (χ4n) is 4.06. The molecule has 2 aromatic rings. The Bertz CT molecular complexity index is 840. The molecule has 0 aromatic carbocycles. The molecular formula is C19H24N6O2. The fraction of sp³-hybridized carbons (Fsp3) is 0.526. The second-order valence-electron chi connectivity index (χ2n) is 7.26. The van der Waals surface area contributed by atoms with Gasteiger partial charge in [0.15, 0.2) is 0 Å². The molecule has 1 saturated carbocycles. The van der Waals surface area contributed by atoms with Crippen molar-refractivity contribution in [2.75, 3.05) is 7.05 Å². The Labute approximate surface area is 157 Å². The second kappa shape index (κ2) is 7.46. The lowest BCUT2D eigenvalue weighted by molar-refractivity contribution is -0.125. The molecule has 0 saturated heterocycles. The van der Waals surface area contributed by atoms with Gasteiger partial charge in [0, 0.05) is 42.7 Å². The van der Waals surface area contributed by atoms with E-state index in [2.05, 4.69) is 25.6 Å². The van der Waals surface area contributed by atoms with Crippen molar-refractivity contribution in [1.29, 1.82) is 0 Å². The van der Waals surface area contributed by atoms with Gasteiger partial charge in [0.2, 0.25) is 11.9 Å². The van der Waals surface area contributed by atoms with Crippen LogP contribution in [0.15, 0.2) is 18.7 Å². The number of nitrogens with one attached hydrogen (secondary N) is 2. The van der Waals surface area contributed by atoms with Crippen LogP contribution >= 0.6 is 0 Å². The highest BCUT2D eigenvalue weighted by molar-refractivity contribution is 5.94. The Balaban J connectivity index is 1.50. The number of imidazole rings is 1. The van der Waals surface area contributed by atoms with Crippen molar-refractivity contribution in [2.24, 2.45) is 5.92 Å². The molecule has 4 rings (SSSR count). The van der Waals surface area contributed by atoms with Gasteiger partial charge in [-0.05, 0) is 44.9 Å². The number of aryl methyl sites for hydroxylation is 1. The summed E-state index contributed by atoms with van der Waals surface area (Å²) in [5, 5.41) is 5.84. The molecule has 2 N–H and O–H groups in total. The van der Waals surface area contributed by atoms with Crippen LogP contribution in [0.25, 0.3) is 5.95 Å². The van der Waals surface area contributed by atoms with E-state index < -0.39 is 0 Å². The number of hydrogen-bond acceptors (Lipinski definition) is 5. The Morgan fingerprint density at radius 2 is 1.96 bits per heavy atom. The highest BCUT2D eigenvalue weighted by Crippen LogP contribution is 2.26. The Morgan fingerprint density at radius 1 is 1.15 bits per heavy atom. The van der Waals surface area contributed by atoms with Crippen LogP contribution in [0.3, 0.4) is 0 Å². The molecule has 0 atom stereocenters. The zero-order valence-corrected chi connectivity index (χ0v) is 15.4. The number of nitrogens with zero attached hydrogens (tertiary/aromatic N) is 4. The maximum absolute atomic E-state index is 13.0. The van der Waals surface area contributed by atoms with Crippen LogP contribution in [-0.2, 0) is 17.6 Å². The standard InChI is InChI=1S/C19H24N6O2/c1-20-17(26)12-5-7-13(8-6-12)22-18(27)16-14-3-2-4-15(14)23-19(24-16)25-10-9-21-11-25/h9-13H,2-8H2,1H3,(H,20,26)(H,22,27)/t12-,13-. The summed E-state index contributed by atoms with van der Waals surface area (Å²) in [6, 6.07) is 0.0853. The van der Waals surface area contributed by atoms with E-state index in [0.717, 1.165) is 56.2 Å². The first kappa shape index (κ1) is 17.6. The predicted octanol–water partition coefficient (Wildman–Crippen LogP) is 1.19. The van der Waals surface area contributed by atoms with Crippen molar-refractivity contribution in [3.63, 3.8) is 0 Å². The maximum Gasteiger partial charge on any atom is 0.270 e. The molecule has 1 fully saturated rings. The molecule has 27 heavy (non-hydrogen) atoms. The minimum atomic E-state index is -0.139. The number of aromatic nitrogens is 4. The van der Waals surface area contributed by atoms with Crippen LogP contribution in [0.4, 0.5) is 0 Å². The third-order valence-corrected chi connectivity index (χ3v) is 5.55. The van der Waals surface area contributed by atoms with Crippen molar-refractivity contribution in [1.82, 2.24) is 30.2 Å². The van der Waals surface area contributed by atoms with Crippen molar-refractivity contribution >= 4 is 11.8 Å². The Kier molecular flexibility index (Phi) is 4.87. The highest BCUT2D eigenvalue weighted by Gasteiger charge is 2.29. The summed E-state index contributed by atoms with van der Waals surface area (Å²) in [6.07, 6.45) is 11.0. The summed E-state index contributed by atoms with van der Waals surface area (Å²) in [6.45, 7) is 0. The van der Waals surface area contributed by atoms with E-state index in [4.69, 9.17) is 0 Å². The van der Waals surface area contributed by atoms with Crippen molar-refractivity contribution in [2.45, 2.75) is 51.0 Å². The number of carbonyl (C=O) groups excluding carboxylic acids is 2. The van der Waals surface area contributed by atoms with E-state index in [1.165, 1.54) is 0 Å². The minimum Gasteiger partial charge on any atom is -0.359 e. The van der Waals surface area contributed by atoms with Gasteiger partial charge in [-0.15, -0.1) is 0 Å². The van der Waals surface area contributed by atoms with E-state index in [1.807, 2.05) is 0 Å². The van der Waals surface area contributed by atoms with E-state index >= 15 is 0 Å². The molecule has 0 aliphatic heterocycles. The lowest BCUT2D eigenvalue weighted by Crippen LogP contribution is -2.41. The lowest BCUT2D eigenvalue weighted by Gasteiger charge is -2.28. The van der Waals surface area contributed by atoms with Crippen LogP contribution < -0.4 is 10.6 Å². The molecule has 0 unspecified atom stereocenters. The summed E-state index contributed by atoms with van der Waals surface area (Å²) >= 11 is 0. The molecule has 2 aliphatic rings. The first-order valence-electron chi connectivity index (χ1n) is 9.56. The number of amides is 2. The average molecular weight is 368 g/mol. The van der Waals surface area contributed by atoms with Crippen molar-refractivity contribution in [3.05, 3.63) is 35.7 Å². The third-order valence-electron chi connectivity index (χ3n) is 5.55. The first-order chi connectivity index (χ1) is 13.2. The minimum absolute atomic E-state index is 0.0549. The Morgan fingerprint density at radius 3 is 2.67 bits per heavy atom. The molecular weight excluding hydrogens is 344 g/mol. The summed E-state index contributed by atoms with van der Waals surface area (Å²) in [5.41, 5.74) is 2.41. The largest absolute Gasteiger partial charge is 0.359 e. The molecule has 142 valence electrons. The molecule has 2 heterocycles. The van der Waals surface area contributed by atoms with E-state index in [9.17, 15) is 9.59 Å². The zero-order valence-electron chi connectivity index (χ0n) is 15.4. The quantitative estimate of drug-likeness (QED) is 0.844. The summed E-state index contributed by atoms with van der Waals surface area (Å²) in [7, 11) is 1.67. The predicted molar refractivity (Wildman–Crippen MR) is 98.5 cm³/mol. The molecule has 2 aromatic heterocycles. The first-order valence-corrected chi connectivity index (χ1v) is 9.56. The molecule has 0 bridgehead atoms. The maximum atomic E-state index is 13.0.